The van der Waals surface area contributed by atoms with Gasteiger partial charge in [-0.2, -0.15) is 0 Å². The van der Waals surface area contributed by atoms with Gasteiger partial charge in [-0.05, 0) is 61.5 Å². The predicted octanol–water partition coefficient (Wildman–Crippen LogP) is 6.39. The third kappa shape index (κ3) is 6.73. The largest absolute Gasteiger partial charge is 0.454 e. The smallest absolute Gasteiger partial charge is 0.165 e. The van der Waals surface area contributed by atoms with Crippen molar-refractivity contribution in [2.24, 2.45) is 5.14 Å². The first-order chi connectivity index (χ1) is 13.7. The summed E-state index contributed by atoms with van der Waals surface area (Å²) in [5, 5.41) is 6.05. The lowest BCUT2D eigenvalue weighted by atomic mass is 10.1. The molecule has 0 fully saturated rings. The number of hydrogen-bond donors (Lipinski definition) is 1. The Kier molecular flexibility index (Phi) is 10.3. The van der Waals surface area contributed by atoms with Crippen molar-refractivity contribution in [1.29, 1.82) is 0 Å². The summed E-state index contributed by atoms with van der Waals surface area (Å²) >= 11 is 1.23. The van der Waals surface area contributed by atoms with Crippen LogP contribution in [0.3, 0.4) is 0 Å². The molecule has 0 aliphatic rings. The molecule has 4 nitrogen and oxygen atoms in total. The summed E-state index contributed by atoms with van der Waals surface area (Å²) in [4.78, 5) is 3.38. The number of para-hydroxylation sites is 1. The van der Waals surface area contributed by atoms with E-state index >= 15 is 0 Å². The molecular weight excluding hydrogens is 368 g/mol. The molecular formula is C23H34N2O2S. The molecule has 0 radical (unpaired) electrons. The lowest BCUT2D eigenvalue weighted by Gasteiger charge is -2.28. The van der Waals surface area contributed by atoms with Crippen LogP contribution in [0.2, 0.25) is 0 Å². The molecule has 0 saturated heterocycles. The van der Waals surface area contributed by atoms with Crippen molar-refractivity contribution in [2.75, 3.05) is 24.6 Å². The molecule has 0 aromatic heterocycles. The van der Waals surface area contributed by atoms with E-state index in [-0.39, 0.29) is 0 Å². The van der Waals surface area contributed by atoms with E-state index in [9.17, 15) is 0 Å². The van der Waals surface area contributed by atoms with Crippen molar-refractivity contribution in [3.63, 3.8) is 0 Å². The van der Waals surface area contributed by atoms with Crippen LogP contribution in [-0.4, -0.2) is 19.7 Å². The summed E-state index contributed by atoms with van der Waals surface area (Å²) in [5.74, 6) is 1.66. The number of nitrogens with two attached hydrogens (primary N) is 1. The van der Waals surface area contributed by atoms with Crippen LogP contribution in [0.5, 0.6) is 11.5 Å². The van der Waals surface area contributed by atoms with Gasteiger partial charge in [0.05, 0.1) is 17.2 Å². The maximum absolute atomic E-state index is 6.35. The normalized spacial score (nSPS) is 10.9. The second-order valence-corrected chi connectivity index (χ2v) is 7.48. The van der Waals surface area contributed by atoms with Crippen LogP contribution in [-0.2, 0) is 11.3 Å². The molecule has 5 heteroatoms. The number of unbranched alkanes of at least 4 members (excludes halogenated alkanes) is 2. The van der Waals surface area contributed by atoms with Gasteiger partial charge in [-0.3, -0.25) is 5.14 Å². The van der Waals surface area contributed by atoms with Crippen LogP contribution in [0.25, 0.3) is 0 Å². The molecule has 2 rings (SSSR count). The average molecular weight is 403 g/mol. The summed E-state index contributed by atoms with van der Waals surface area (Å²) in [6.45, 7) is 9.76. The Hall–Kier alpha value is -1.69. The molecule has 2 aromatic carbocycles. The molecule has 0 atom stereocenters. The molecule has 0 spiro atoms. The highest BCUT2D eigenvalue weighted by Crippen LogP contribution is 2.41. The van der Waals surface area contributed by atoms with Gasteiger partial charge in [0.1, 0.15) is 5.75 Å². The molecule has 0 heterocycles. The lowest BCUT2D eigenvalue weighted by Crippen LogP contribution is -2.26. The zero-order chi connectivity index (χ0) is 20.2. The number of hydrogen-bond acceptors (Lipinski definition) is 5. The highest BCUT2D eigenvalue weighted by Gasteiger charge is 2.19. The third-order valence-corrected chi connectivity index (χ3v) is 5.12. The highest BCUT2D eigenvalue weighted by molar-refractivity contribution is 7.97. The lowest BCUT2D eigenvalue weighted by molar-refractivity contribution is 0.134. The molecule has 0 saturated carbocycles. The van der Waals surface area contributed by atoms with Crippen molar-refractivity contribution >= 4 is 17.6 Å². The van der Waals surface area contributed by atoms with E-state index in [2.05, 4.69) is 30.9 Å². The zero-order valence-electron chi connectivity index (χ0n) is 17.4. The maximum Gasteiger partial charge on any atom is 0.165 e. The number of nitrogens with zero attached hydrogens (tertiary/aromatic N) is 1. The summed E-state index contributed by atoms with van der Waals surface area (Å²) in [7, 11) is 0. The summed E-state index contributed by atoms with van der Waals surface area (Å²) in [5.41, 5.74) is 2.24. The van der Waals surface area contributed by atoms with Crippen LogP contribution in [0, 0.1) is 0 Å². The SMILES string of the molecule is CCCCN(CCCC)c1cc(COCC)cc(SN)c1Oc1ccccc1. The van der Waals surface area contributed by atoms with Crippen LogP contribution < -0.4 is 14.8 Å². The molecule has 0 bridgehead atoms. The summed E-state index contributed by atoms with van der Waals surface area (Å²) in [6.07, 6.45) is 4.62. The van der Waals surface area contributed by atoms with Crippen LogP contribution in [0.4, 0.5) is 5.69 Å². The third-order valence-electron chi connectivity index (χ3n) is 4.56. The summed E-state index contributed by atoms with van der Waals surface area (Å²) < 4.78 is 12.0. The molecule has 2 aromatic rings. The Morgan fingerprint density at radius 1 is 0.964 bits per heavy atom. The fourth-order valence-electron chi connectivity index (χ4n) is 3.03. The minimum Gasteiger partial charge on any atom is -0.454 e. The Bertz CT molecular complexity index is 687. The van der Waals surface area contributed by atoms with Crippen LogP contribution in [0.1, 0.15) is 52.0 Å². The second kappa shape index (κ2) is 12.7. The van der Waals surface area contributed by atoms with Gasteiger partial charge in [0.25, 0.3) is 0 Å². The first-order valence-electron chi connectivity index (χ1n) is 10.3. The molecule has 0 aliphatic heterocycles. The first kappa shape index (κ1) is 22.6. The fourth-order valence-corrected chi connectivity index (χ4v) is 3.50. The van der Waals surface area contributed by atoms with Gasteiger partial charge in [0, 0.05) is 19.7 Å². The van der Waals surface area contributed by atoms with Crippen molar-refractivity contribution in [3.8, 4) is 11.5 Å². The molecule has 2 N–H and O–H groups in total. The number of anilines is 1. The number of rotatable bonds is 13. The van der Waals surface area contributed by atoms with E-state index in [0.717, 1.165) is 66.4 Å². The van der Waals surface area contributed by atoms with Crippen LogP contribution >= 0.6 is 11.9 Å². The monoisotopic (exact) mass is 402 g/mol. The van der Waals surface area contributed by atoms with Gasteiger partial charge in [-0.15, -0.1) is 0 Å². The van der Waals surface area contributed by atoms with E-state index in [0.29, 0.717) is 13.2 Å². The van der Waals surface area contributed by atoms with E-state index in [1.165, 1.54) is 11.9 Å². The Morgan fingerprint density at radius 2 is 1.64 bits per heavy atom. The Morgan fingerprint density at radius 3 is 2.21 bits per heavy atom. The minimum absolute atomic E-state index is 0.581. The summed E-state index contributed by atoms with van der Waals surface area (Å²) in [6, 6.07) is 14.2. The Balaban J connectivity index is 2.47. The minimum atomic E-state index is 0.581. The second-order valence-electron chi connectivity index (χ2n) is 6.81. The quantitative estimate of drug-likeness (QED) is 0.393. The predicted molar refractivity (Wildman–Crippen MR) is 120 cm³/mol. The van der Waals surface area contributed by atoms with Crippen LogP contribution in [0.15, 0.2) is 47.4 Å². The molecule has 28 heavy (non-hydrogen) atoms. The van der Waals surface area contributed by atoms with E-state index in [1.807, 2.05) is 37.3 Å². The van der Waals surface area contributed by atoms with Crippen molar-refractivity contribution in [1.82, 2.24) is 0 Å². The molecule has 0 amide bonds. The van der Waals surface area contributed by atoms with Gasteiger partial charge in [0.15, 0.2) is 5.75 Å². The van der Waals surface area contributed by atoms with Crippen molar-refractivity contribution in [2.45, 2.75) is 58.0 Å². The van der Waals surface area contributed by atoms with Crippen molar-refractivity contribution < 1.29 is 9.47 Å². The molecule has 0 aliphatic carbocycles. The number of benzene rings is 2. The van der Waals surface area contributed by atoms with E-state index in [4.69, 9.17) is 14.6 Å². The van der Waals surface area contributed by atoms with E-state index in [1.54, 1.807) is 0 Å². The maximum atomic E-state index is 6.35. The molecule has 0 unspecified atom stereocenters. The highest BCUT2D eigenvalue weighted by atomic mass is 32.2. The van der Waals surface area contributed by atoms with Gasteiger partial charge in [-0.25, -0.2) is 0 Å². The van der Waals surface area contributed by atoms with Gasteiger partial charge < -0.3 is 14.4 Å². The van der Waals surface area contributed by atoms with Gasteiger partial charge in [-0.1, -0.05) is 44.9 Å². The topological polar surface area (TPSA) is 47.7 Å². The Labute approximate surface area is 174 Å². The fraction of sp³-hybridized carbons (Fsp3) is 0.478. The first-order valence-corrected chi connectivity index (χ1v) is 11.2. The zero-order valence-corrected chi connectivity index (χ0v) is 18.3. The van der Waals surface area contributed by atoms with Gasteiger partial charge in [0.2, 0.25) is 0 Å². The molecule has 154 valence electrons. The number of ether oxygens (including phenoxy) is 2. The van der Waals surface area contributed by atoms with E-state index < -0.39 is 0 Å². The van der Waals surface area contributed by atoms with Crippen molar-refractivity contribution in [3.05, 3.63) is 48.0 Å². The average Bonchev–Trinajstić information content (AvgIpc) is 2.73. The van der Waals surface area contributed by atoms with Gasteiger partial charge >= 0.3 is 0 Å². The standard InChI is InChI=1S/C23H34N2O2S/c1-4-7-14-25(15-8-5-2)21-16-19(18-26-6-3)17-22(28-24)23(21)27-20-12-10-9-11-13-20/h9-13,16-17H,4-8,14-15,18,24H2,1-3H3.